The number of aromatic hydroxyl groups is 2. The molecule has 0 amide bonds. The quantitative estimate of drug-likeness (QED) is 0.104. The Labute approximate surface area is 486 Å². The molecule has 6 fully saturated rings. The Bertz CT molecular complexity index is 3200. The summed E-state index contributed by atoms with van der Waals surface area (Å²) < 4.78 is 13.9. The normalized spacial score (nSPS) is 35.3. The van der Waals surface area contributed by atoms with Crippen LogP contribution in [0.5, 0.6) is 17.2 Å². The predicted octanol–water partition coefficient (Wildman–Crippen LogP) is 13.2. The summed E-state index contributed by atoms with van der Waals surface area (Å²) in [5.74, 6) is 8.79. The van der Waals surface area contributed by atoms with Crippen LogP contribution in [0.1, 0.15) is 224 Å². The number of nitrogens with two attached hydrogens (primary N) is 1. The maximum absolute atomic E-state index is 15.4. The average molecular weight is 1110 g/mol. The summed E-state index contributed by atoms with van der Waals surface area (Å²) in [4.78, 5) is 21.0. The predicted molar refractivity (Wildman–Crippen MR) is 321 cm³/mol. The standard InChI is InChI=1S/C72H89N3O7/c1-43-30-56-46-31-50(37-52(78)33-46)70(25-10-11-26-70)48-14-12-15-49(36-48)72(27-7-3-8-28-72)75-68(73)74-51-16-13-19-54-55(44-21-22-45-40-69(42-77)24-9-6-20-58(69)57(41-76)63(45)60(79)35-44)38-62(82-53-17-4-5-18-53)67(80)65(54)66-64-47(32-51)34-59(56)71(66,39-43)29-23-61(64)81-2/h9,12,14-15,24,31,33-34,36-38,43-45,47,51,53,56,58,61,64,66,76-78,80H,3-8,10-11,16-18,20-23,25-30,32,35,39-42H2,1-2H3,(H3,73,74,75)/t43-,44-,45-,47-,51+,56+,58+,61-,64-,66-,69-,71+/m0/s1. The number of guanidine groups is 1. The number of phenols is 2. The van der Waals surface area contributed by atoms with E-state index in [1.165, 1.54) is 34.2 Å². The van der Waals surface area contributed by atoms with Gasteiger partial charge in [0.15, 0.2) is 23.2 Å². The number of nitrogens with one attached hydrogen (secondary N) is 1. The second-order valence-electron chi connectivity index (χ2n) is 28.2. The molecule has 12 atom stereocenters. The van der Waals surface area contributed by atoms with Gasteiger partial charge < -0.3 is 41.0 Å². The van der Waals surface area contributed by atoms with Gasteiger partial charge in [-0.1, -0.05) is 105 Å². The number of carbonyl (C=O) groups excluding carboxylic acids is 1. The summed E-state index contributed by atoms with van der Waals surface area (Å²) in [6.45, 7) is 2.23. The van der Waals surface area contributed by atoms with E-state index in [2.05, 4.69) is 90.8 Å². The Morgan fingerprint density at radius 2 is 1.63 bits per heavy atom. The van der Waals surface area contributed by atoms with Crippen LogP contribution in [-0.4, -0.2) is 70.7 Å². The highest BCUT2D eigenvalue weighted by Gasteiger charge is 2.61. The lowest BCUT2D eigenvalue weighted by Gasteiger charge is -2.62. The zero-order valence-corrected chi connectivity index (χ0v) is 48.8. The number of aliphatic hydroxyl groups is 2. The molecule has 7 N–H and O–H groups in total. The molecule has 82 heavy (non-hydrogen) atoms. The minimum absolute atomic E-state index is 0.00823. The summed E-state index contributed by atoms with van der Waals surface area (Å²) in [5, 5.41) is 52.3. The highest BCUT2D eigenvalue weighted by Crippen LogP contribution is 2.71. The van der Waals surface area contributed by atoms with Crippen LogP contribution < -0.4 is 15.8 Å². The van der Waals surface area contributed by atoms with Crippen LogP contribution in [0.25, 0.3) is 0 Å². The second-order valence-corrected chi connectivity index (χ2v) is 28.2. The number of allylic oxidation sites excluding steroid dienone is 4. The minimum Gasteiger partial charge on any atom is -0.508 e. The molecule has 0 unspecified atom stereocenters. The number of rotatable bonds is 6. The first-order valence-corrected chi connectivity index (χ1v) is 32.4. The van der Waals surface area contributed by atoms with Crippen LogP contribution in [0.4, 0.5) is 0 Å². The van der Waals surface area contributed by atoms with Gasteiger partial charge >= 0.3 is 0 Å². The van der Waals surface area contributed by atoms with E-state index >= 15 is 4.79 Å². The lowest BCUT2D eigenvalue weighted by Crippen LogP contribution is -2.54. The maximum atomic E-state index is 15.4. The summed E-state index contributed by atoms with van der Waals surface area (Å²) >= 11 is 0. The van der Waals surface area contributed by atoms with Crippen LogP contribution >= 0.6 is 0 Å². The number of phenolic OH excluding ortho intramolecular Hbond substituents is 2. The number of nitrogens with zero attached hydrogens (tertiary/aromatic N) is 1. The Kier molecular flexibility index (Phi) is 14.2. The van der Waals surface area contributed by atoms with Gasteiger partial charge in [0.25, 0.3) is 0 Å². The number of aliphatic hydroxyl groups excluding tert-OH is 2. The van der Waals surface area contributed by atoms with Crippen LogP contribution in [0.2, 0.25) is 0 Å². The lowest BCUT2D eigenvalue weighted by atomic mass is 9.43. The van der Waals surface area contributed by atoms with Crippen molar-refractivity contribution in [1.82, 2.24) is 5.32 Å². The van der Waals surface area contributed by atoms with E-state index < -0.39 is 16.4 Å². The van der Waals surface area contributed by atoms with Crippen LogP contribution in [0, 0.1) is 52.3 Å². The molecular weight excluding hydrogens is 1020 g/mol. The molecule has 1 aliphatic heterocycles. The molecule has 6 saturated carbocycles. The second kappa shape index (κ2) is 21.3. The fourth-order valence-corrected chi connectivity index (χ4v) is 20.5. The topological polar surface area (TPSA) is 167 Å². The lowest BCUT2D eigenvalue weighted by molar-refractivity contribution is -0.116. The molecule has 0 saturated heterocycles. The molecule has 11 aliphatic rings. The van der Waals surface area contributed by atoms with Gasteiger partial charge in [-0.3, -0.25) is 4.79 Å². The van der Waals surface area contributed by atoms with Crippen molar-refractivity contribution in [2.24, 2.45) is 51.1 Å². The Morgan fingerprint density at radius 1 is 0.841 bits per heavy atom. The van der Waals surface area contributed by atoms with Crippen LogP contribution in [-0.2, 0) is 20.5 Å². The number of hydrogen-bond donors (Lipinski definition) is 6. The van der Waals surface area contributed by atoms with Crippen LogP contribution in [0.15, 0.2) is 88.5 Å². The average Bonchev–Trinajstić information content (AvgIpc) is 2.21. The molecule has 3 aromatic carbocycles. The number of ketones is 1. The first kappa shape index (κ1) is 54.6. The molecule has 0 radical (unpaired) electrons. The van der Waals surface area contributed by atoms with E-state index in [1.807, 2.05) is 7.11 Å². The number of aliphatic imine (C=N–C) groups is 1. The molecule has 14 rings (SSSR count). The van der Waals surface area contributed by atoms with Crippen LogP contribution in [0.3, 0.4) is 0 Å². The van der Waals surface area contributed by atoms with E-state index in [-0.39, 0.29) is 96.3 Å². The molecule has 0 aromatic heterocycles. The summed E-state index contributed by atoms with van der Waals surface area (Å²) in [5.41, 5.74) is 16.5. The van der Waals surface area contributed by atoms with E-state index in [0.717, 1.165) is 150 Å². The smallest absolute Gasteiger partial charge is 0.189 e. The van der Waals surface area contributed by atoms with E-state index in [0.29, 0.717) is 49.1 Å². The molecule has 1 heterocycles. The van der Waals surface area contributed by atoms with Gasteiger partial charge in [0.1, 0.15) is 5.75 Å². The van der Waals surface area contributed by atoms with Crippen molar-refractivity contribution in [2.75, 3.05) is 20.3 Å². The first-order valence-electron chi connectivity index (χ1n) is 32.4. The number of hydrogen-bond acceptors (Lipinski definition) is 10. The van der Waals surface area contributed by atoms with Gasteiger partial charge in [0.2, 0.25) is 0 Å². The van der Waals surface area contributed by atoms with Gasteiger partial charge in [-0.2, -0.15) is 0 Å². The molecule has 10 heteroatoms. The first-order chi connectivity index (χ1) is 39.9. The SMILES string of the molecule is CO[C@H]1CC[C@@]23C[C@@H](C)C[C@H]4C2=C[C@@H]2C[C@@H](CC#Cc5c([C@H]6CC[C@H]7C[C@]8(CO)C=CCC[C@@H]8C(CO)=C7C(=O)C6)cc(OC6CCCC6)c(O)c5[C@@H]3[C@@H]21)N=C(N)NC1(CCCCC1)c1cccc(c1)C1(CCCC1)c1cc(O)cc4c1. The molecule has 3 aromatic rings. The Balaban J connectivity index is 1.00. The molecule has 10 nitrogen and oxygen atoms in total. The zero-order valence-electron chi connectivity index (χ0n) is 48.8. The highest BCUT2D eigenvalue weighted by atomic mass is 16.5. The fourth-order valence-electron chi connectivity index (χ4n) is 20.5. The van der Waals surface area contributed by atoms with Crippen molar-refractivity contribution in [3.05, 3.63) is 122 Å². The number of ether oxygens (including phenoxy) is 2. The Morgan fingerprint density at radius 3 is 2.43 bits per heavy atom. The number of methoxy groups -OCH3 is 1. The third-order valence-corrected chi connectivity index (χ3v) is 23.9. The Hall–Kier alpha value is -5.34. The molecule has 10 aliphatic carbocycles. The summed E-state index contributed by atoms with van der Waals surface area (Å²) in [7, 11) is 1.88. The van der Waals surface area contributed by atoms with Crippen molar-refractivity contribution in [1.29, 1.82) is 0 Å². The number of fused-ring (bicyclic) bond motifs is 12. The van der Waals surface area contributed by atoms with Gasteiger partial charge in [0.05, 0.1) is 37.0 Å². The van der Waals surface area contributed by atoms with E-state index in [9.17, 15) is 20.4 Å². The molecular formula is C72H89N3O7. The summed E-state index contributed by atoms with van der Waals surface area (Å²) in [6, 6.07) is 17.9. The fraction of sp³-hybridized carbons (Fsp3) is 0.611. The maximum Gasteiger partial charge on any atom is 0.189 e. The van der Waals surface area contributed by atoms with E-state index in [4.69, 9.17) is 20.2 Å². The molecule has 3 spiro atoms. The van der Waals surface area contributed by atoms with Gasteiger partial charge in [0, 0.05) is 59.3 Å². The summed E-state index contributed by atoms with van der Waals surface area (Å²) in [6.07, 6.45) is 29.2. The highest BCUT2D eigenvalue weighted by molar-refractivity contribution is 5.98. The molecule has 434 valence electrons. The van der Waals surface area contributed by atoms with Gasteiger partial charge in [-0.15, -0.1) is 0 Å². The number of benzene rings is 3. The van der Waals surface area contributed by atoms with E-state index in [1.54, 1.807) is 0 Å². The molecule has 10 bridgehead atoms. The monoisotopic (exact) mass is 1110 g/mol. The van der Waals surface area contributed by atoms with Crippen molar-refractivity contribution in [3.8, 4) is 29.1 Å². The van der Waals surface area contributed by atoms with Gasteiger partial charge in [-0.25, -0.2) is 4.99 Å². The van der Waals surface area contributed by atoms with Crippen molar-refractivity contribution in [2.45, 2.75) is 214 Å². The van der Waals surface area contributed by atoms with Gasteiger partial charge in [-0.05, 0) is 208 Å². The number of Topliss-reactive ketones (excluding diaryl/α,β-unsaturated/α-hetero) is 1. The number of carbonyl (C=O) groups is 1. The third-order valence-electron chi connectivity index (χ3n) is 23.9. The zero-order chi connectivity index (χ0) is 56.1. The largest absolute Gasteiger partial charge is 0.508 e. The minimum atomic E-state index is -0.496. The van der Waals surface area contributed by atoms with Crippen molar-refractivity contribution in [3.63, 3.8) is 0 Å². The van der Waals surface area contributed by atoms with Crippen molar-refractivity contribution >= 4 is 11.7 Å². The third kappa shape index (κ3) is 8.87. The van der Waals surface area contributed by atoms with Crippen molar-refractivity contribution < 1.29 is 34.7 Å².